The van der Waals surface area contributed by atoms with Crippen LogP contribution in [0.4, 0.5) is 5.69 Å². The summed E-state index contributed by atoms with van der Waals surface area (Å²) in [4.78, 5) is 12.6. The van der Waals surface area contributed by atoms with Crippen molar-refractivity contribution in [2.75, 3.05) is 26.4 Å². The first kappa shape index (κ1) is 14.9. The summed E-state index contributed by atoms with van der Waals surface area (Å²) in [6, 6.07) is 4.50. The standard InChI is InChI=1S/C10H14BrN3O3S/c1-14(2)10(15)6-13-18(16,17)9-5-7(11)3-4-8(9)12/h3-5,13H,6,12H2,1-2H3. The lowest BCUT2D eigenvalue weighted by Crippen LogP contribution is -2.36. The highest BCUT2D eigenvalue weighted by Crippen LogP contribution is 2.22. The number of nitrogen functional groups attached to an aromatic ring is 1. The molecule has 0 saturated heterocycles. The van der Waals surface area contributed by atoms with Crippen molar-refractivity contribution >= 4 is 37.5 Å². The summed E-state index contributed by atoms with van der Waals surface area (Å²) in [5.74, 6) is -0.341. The van der Waals surface area contributed by atoms with Gasteiger partial charge in [-0.15, -0.1) is 0 Å². The molecule has 1 aromatic carbocycles. The molecule has 0 heterocycles. The molecule has 1 rings (SSSR count). The molecule has 0 radical (unpaired) electrons. The van der Waals surface area contributed by atoms with E-state index in [4.69, 9.17) is 5.73 Å². The number of rotatable bonds is 4. The van der Waals surface area contributed by atoms with Crippen LogP contribution in [0.3, 0.4) is 0 Å². The van der Waals surface area contributed by atoms with Gasteiger partial charge in [-0.3, -0.25) is 4.79 Å². The number of halogens is 1. The minimum absolute atomic E-state index is 0.0524. The average Bonchev–Trinajstić information content (AvgIpc) is 2.29. The molecule has 8 heteroatoms. The van der Waals surface area contributed by atoms with E-state index in [1.165, 1.54) is 17.0 Å². The molecular formula is C10H14BrN3O3S. The zero-order valence-electron chi connectivity index (χ0n) is 9.97. The highest BCUT2D eigenvalue weighted by molar-refractivity contribution is 9.10. The van der Waals surface area contributed by atoms with Crippen LogP contribution in [-0.4, -0.2) is 39.9 Å². The van der Waals surface area contributed by atoms with Crippen molar-refractivity contribution in [2.45, 2.75) is 4.90 Å². The third-order valence-electron chi connectivity index (χ3n) is 2.18. The Morgan fingerprint density at radius 2 is 2.06 bits per heavy atom. The summed E-state index contributed by atoms with van der Waals surface area (Å²) in [5, 5.41) is 0. The van der Waals surface area contributed by atoms with Crippen molar-refractivity contribution in [1.29, 1.82) is 0 Å². The van der Waals surface area contributed by atoms with Gasteiger partial charge in [0, 0.05) is 18.6 Å². The number of sulfonamides is 1. The topological polar surface area (TPSA) is 92.5 Å². The molecule has 0 atom stereocenters. The van der Waals surface area contributed by atoms with E-state index >= 15 is 0 Å². The first-order valence-electron chi connectivity index (χ1n) is 4.99. The van der Waals surface area contributed by atoms with Gasteiger partial charge in [0.2, 0.25) is 15.9 Å². The normalized spacial score (nSPS) is 11.3. The number of hydrogen-bond donors (Lipinski definition) is 2. The third kappa shape index (κ3) is 3.69. The number of nitrogens with two attached hydrogens (primary N) is 1. The maximum Gasteiger partial charge on any atom is 0.243 e. The van der Waals surface area contributed by atoms with E-state index in [2.05, 4.69) is 20.7 Å². The van der Waals surface area contributed by atoms with Crippen LogP contribution in [0.2, 0.25) is 0 Å². The Morgan fingerprint density at radius 1 is 1.44 bits per heavy atom. The molecule has 0 aliphatic heterocycles. The number of nitrogens with one attached hydrogen (secondary N) is 1. The van der Waals surface area contributed by atoms with Crippen molar-refractivity contribution in [3.63, 3.8) is 0 Å². The second-order valence-corrected chi connectivity index (χ2v) is 6.45. The molecule has 18 heavy (non-hydrogen) atoms. The van der Waals surface area contributed by atoms with Crippen LogP contribution in [0, 0.1) is 0 Å². The summed E-state index contributed by atoms with van der Waals surface area (Å²) >= 11 is 3.17. The largest absolute Gasteiger partial charge is 0.398 e. The summed E-state index contributed by atoms with van der Waals surface area (Å²) in [6.07, 6.45) is 0. The second-order valence-electron chi connectivity index (χ2n) is 3.79. The lowest BCUT2D eigenvalue weighted by molar-refractivity contribution is -0.127. The van der Waals surface area contributed by atoms with E-state index in [0.717, 1.165) is 0 Å². The van der Waals surface area contributed by atoms with Crippen LogP contribution in [-0.2, 0) is 14.8 Å². The number of carbonyl (C=O) groups is 1. The fourth-order valence-electron chi connectivity index (χ4n) is 1.13. The van der Waals surface area contributed by atoms with Gasteiger partial charge in [0.05, 0.1) is 12.2 Å². The predicted octanol–water partition coefficient (Wildman–Crippen LogP) is 0.398. The monoisotopic (exact) mass is 335 g/mol. The van der Waals surface area contributed by atoms with Crippen molar-refractivity contribution in [3.05, 3.63) is 22.7 Å². The number of amides is 1. The maximum absolute atomic E-state index is 11.9. The zero-order valence-corrected chi connectivity index (χ0v) is 12.4. The molecular weight excluding hydrogens is 322 g/mol. The Kier molecular flexibility index (Phi) is 4.71. The molecule has 0 aliphatic carbocycles. The molecule has 0 bridgehead atoms. The van der Waals surface area contributed by atoms with E-state index in [9.17, 15) is 13.2 Å². The van der Waals surface area contributed by atoms with Crippen LogP contribution in [0.5, 0.6) is 0 Å². The Morgan fingerprint density at radius 3 is 2.61 bits per heavy atom. The number of nitrogens with zero attached hydrogens (tertiary/aromatic N) is 1. The molecule has 0 aliphatic rings. The lowest BCUT2D eigenvalue weighted by Gasteiger charge is -2.12. The minimum atomic E-state index is -3.79. The summed E-state index contributed by atoms with van der Waals surface area (Å²) in [5.41, 5.74) is 5.73. The van der Waals surface area contributed by atoms with Crippen molar-refractivity contribution in [1.82, 2.24) is 9.62 Å². The summed E-state index contributed by atoms with van der Waals surface area (Å²) in [7, 11) is -0.703. The second kappa shape index (κ2) is 5.68. The van der Waals surface area contributed by atoms with Crippen LogP contribution < -0.4 is 10.5 Å². The van der Waals surface area contributed by atoms with E-state index in [1.807, 2.05) is 0 Å². The van der Waals surface area contributed by atoms with Crippen LogP contribution in [0.15, 0.2) is 27.6 Å². The number of anilines is 1. The average molecular weight is 336 g/mol. The Balaban J connectivity index is 2.93. The van der Waals surface area contributed by atoms with Gasteiger partial charge in [-0.05, 0) is 18.2 Å². The SMILES string of the molecule is CN(C)C(=O)CNS(=O)(=O)c1cc(Br)ccc1N. The van der Waals surface area contributed by atoms with E-state index in [-0.39, 0.29) is 23.0 Å². The molecule has 0 spiro atoms. The number of carbonyl (C=O) groups excluding carboxylic acids is 1. The van der Waals surface area contributed by atoms with Gasteiger partial charge in [0.1, 0.15) is 4.90 Å². The fourth-order valence-corrected chi connectivity index (χ4v) is 2.78. The first-order valence-corrected chi connectivity index (χ1v) is 7.26. The van der Waals surface area contributed by atoms with Gasteiger partial charge in [-0.1, -0.05) is 15.9 Å². The molecule has 6 nitrogen and oxygen atoms in total. The first-order chi connectivity index (χ1) is 8.24. The lowest BCUT2D eigenvalue weighted by atomic mass is 10.3. The van der Waals surface area contributed by atoms with Crippen molar-refractivity contribution in [3.8, 4) is 0 Å². The Bertz CT molecular complexity index is 557. The summed E-state index contributed by atoms with van der Waals surface area (Å²) in [6.45, 7) is -0.304. The van der Waals surface area contributed by atoms with Crippen LogP contribution in [0.25, 0.3) is 0 Å². The number of benzene rings is 1. The van der Waals surface area contributed by atoms with Gasteiger partial charge >= 0.3 is 0 Å². The van der Waals surface area contributed by atoms with E-state index < -0.39 is 10.0 Å². The number of hydrogen-bond acceptors (Lipinski definition) is 4. The Hall–Kier alpha value is -1.12. The molecule has 100 valence electrons. The smallest absolute Gasteiger partial charge is 0.243 e. The summed E-state index contributed by atoms with van der Waals surface area (Å²) < 4.78 is 26.7. The molecule has 3 N–H and O–H groups in total. The fraction of sp³-hybridized carbons (Fsp3) is 0.300. The molecule has 0 fully saturated rings. The van der Waals surface area contributed by atoms with E-state index in [0.29, 0.717) is 4.47 Å². The highest BCUT2D eigenvalue weighted by Gasteiger charge is 2.19. The zero-order chi connectivity index (χ0) is 13.9. The number of likely N-dealkylation sites (N-methyl/N-ethyl adjacent to an activating group) is 1. The van der Waals surface area contributed by atoms with Gasteiger partial charge < -0.3 is 10.6 Å². The molecule has 0 unspecified atom stereocenters. The van der Waals surface area contributed by atoms with Crippen LogP contribution in [0.1, 0.15) is 0 Å². The van der Waals surface area contributed by atoms with Crippen molar-refractivity contribution < 1.29 is 13.2 Å². The third-order valence-corrected chi connectivity index (χ3v) is 4.13. The maximum atomic E-state index is 11.9. The molecule has 1 amide bonds. The molecule has 0 saturated carbocycles. The molecule has 1 aromatic rings. The van der Waals surface area contributed by atoms with Crippen LogP contribution >= 0.6 is 15.9 Å². The predicted molar refractivity (Wildman–Crippen MR) is 72.4 cm³/mol. The minimum Gasteiger partial charge on any atom is -0.398 e. The molecule has 0 aromatic heterocycles. The Labute approximate surface area is 114 Å². The van der Waals surface area contributed by atoms with Gasteiger partial charge in [0.25, 0.3) is 0 Å². The van der Waals surface area contributed by atoms with Crippen molar-refractivity contribution in [2.24, 2.45) is 0 Å². The van der Waals surface area contributed by atoms with Gasteiger partial charge in [-0.2, -0.15) is 0 Å². The highest BCUT2D eigenvalue weighted by atomic mass is 79.9. The quantitative estimate of drug-likeness (QED) is 0.779. The van der Waals surface area contributed by atoms with Gasteiger partial charge in [0.15, 0.2) is 0 Å². The van der Waals surface area contributed by atoms with E-state index in [1.54, 1.807) is 20.2 Å². The van der Waals surface area contributed by atoms with Gasteiger partial charge in [-0.25, -0.2) is 13.1 Å².